The van der Waals surface area contributed by atoms with E-state index in [1.807, 2.05) is 11.0 Å². The maximum Gasteiger partial charge on any atom is 0.408 e. The van der Waals surface area contributed by atoms with Crippen molar-refractivity contribution >= 4 is 17.8 Å². The van der Waals surface area contributed by atoms with E-state index in [1.54, 1.807) is 37.7 Å². The van der Waals surface area contributed by atoms with E-state index in [9.17, 15) is 18.4 Å². The molecule has 3 aliphatic carbocycles. The van der Waals surface area contributed by atoms with Gasteiger partial charge in [-0.1, -0.05) is 0 Å². The number of nitrogens with zero attached hydrogens (tertiary/aromatic N) is 4. The van der Waals surface area contributed by atoms with Crippen LogP contribution < -0.4 is 10.6 Å². The van der Waals surface area contributed by atoms with Gasteiger partial charge in [0.15, 0.2) is 5.65 Å². The lowest BCUT2D eigenvalue weighted by Crippen LogP contribution is -2.40. The van der Waals surface area contributed by atoms with Crippen LogP contribution in [0.5, 0.6) is 0 Å². The van der Waals surface area contributed by atoms with Gasteiger partial charge in [0.05, 0.1) is 36.2 Å². The highest BCUT2D eigenvalue weighted by atomic mass is 19.3. The molecule has 39 heavy (non-hydrogen) atoms. The Hall–Kier alpha value is -2.98. The van der Waals surface area contributed by atoms with Crippen molar-refractivity contribution in [3.05, 3.63) is 29.7 Å². The number of hydrogen-bond acceptors (Lipinski definition) is 5. The van der Waals surface area contributed by atoms with E-state index < -0.39 is 23.7 Å². The second-order valence-corrected chi connectivity index (χ2v) is 12.9. The molecule has 9 nitrogen and oxygen atoms in total. The number of carbonyl (C=O) groups excluding carboxylic acids is 2. The number of nitrogens with one attached hydrogen (secondary N) is 2. The Labute approximate surface area is 227 Å². The second kappa shape index (κ2) is 9.59. The zero-order chi connectivity index (χ0) is 27.5. The molecule has 3 amide bonds. The number of alkyl halides is 2. The Morgan fingerprint density at radius 2 is 1.87 bits per heavy atom. The molecule has 0 radical (unpaired) electrons. The molecule has 6 rings (SSSR count). The number of fused-ring (bicyclic) bond motifs is 1. The summed E-state index contributed by atoms with van der Waals surface area (Å²) in [5.41, 5.74) is 1.42. The van der Waals surface area contributed by atoms with Gasteiger partial charge in [-0.15, -0.1) is 0 Å². The third kappa shape index (κ3) is 5.82. The zero-order valence-electron chi connectivity index (χ0n) is 22.8. The molecule has 0 spiro atoms. The van der Waals surface area contributed by atoms with Gasteiger partial charge in [-0.25, -0.2) is 27.9 Å². The van der Waals surface area contributed by atoms with Crippen LogP contribution in [-0.2, 0) is 4.74 Å². The Bertz CT molecular complexity index is 1240. The maximum absolute atomic E-state index is 13.9. The van der Waals surface area contributed by atoms with Crippen molar-refractivity contribution < 1.29 is 23.1 Å². The maximum atomic E-state index is 13.9. The first-order valence-electron chi connectivity index (χ1n) is 14.3. The molecule has 11 heteroatoms. The molecule has 212 valence electrons. The van der Waals surface area contributed by atoms with Crippen LogP contribution in [0.3, 0.4) is 0 Å². The predicted octanol–water partition coefficient (Wildman–Crippen LogP) is 5.38. The number of rotatable bonds is 7. The average Bonchev–Trinajstić information content (AvgIpc) is 3.77. The first kappa shape index (κ1) is 26.3. The van der Waals surface area contributed by atoms with Gasteiger partial charge in [-0.2, -0.15) is 5.10 Å². The largest absolute Gasteiger partial charge is 0.444 e. The molecule has 4 fully saturated rings. The van der Waals surface area contributed by atoms with Crippen LogP contribution in [0.2, 0.25) is 0 Å². The minimum Gasteiger partial charge on any atom is -0.444 e. The zero-order valence-corrected chi connectivity index (χ0v) is 22.8. The van der Waals surface area contributed by atoms with Gasteiger partial charge in [-0.3, -0.25) is 0 Å². The second-order valence-electron chi connectivity index (χ2n) is 12.9. The van der Waals surface area contributed by atoms with Crippen molar-refractivity contribution in [3.63, 3.8) is 0 Å². The molecular formula is C28H38F2N6O3. The Morgan fingerprint density at radius 1 is 1.15 bits per heavy atom. The van der Waals surface area contributed by atoms with E-state index >= 15 is 0 Å². The molecule has 1 saturated heterocycles. The number of aromatic nitrogens is 3. The van der Waals surface area contributed by atoms with Crippen LogP contribution in [0.15, 0.2) is 18.5 Å². The van der Waals surface area contributed by atoms with Crippen molar-refractivity contribution in [1.29, 1.82) is 0 Å². The third-order valence-corrected chi connectivity index (χ3v) is 8.48. The normalized spacial score (nSPS) is 25.4. The summed E-state index contributed by atoms with van der Waals surface area (Å²) in [6.45, 7) is 6.05. The van der Waals surface area contributed by atoms with Gasteiger partial charge in [0, 0.05) is 19.4 Å². The standard InChI is InChI=1S/C28H38F2N6O3/c1-27(2,3)39-26(38)34-23(17-8-10-28(29,30)11-9-17)21-15-36-22(32-21)12-19(13-31-36)24(18-6-7-18)35-14-20(16-4-5-16)33-25(35)37/h12-13,15-18,20,23-24H,4-11,14H2,1-3H3,(H,33,37)(H,34,38)/t20-,23-,24+/m0/s1. The number of carbonyl (C=O) groups is 2. The Kier molecular flexibility index (Phi) is 6.45. The molecule has 0 aromatic carbocycles. The summed E-state index contributed by atoms with van der Waals surface area (Å²) in [5, 5.41) is 10.7. The van der Waals surface area contributed by atoms with Crippen molar-refractivity contribution in [2.45, 2.75) is 102 Å². The lowest BCUT2D eigenvalue weighted by molar-refractivity contribution is -0.0500. The monoisotopic (exact) mass is 544 g/mol. The van der Waals surface area contributed by atoms with Crippen molar-refractivity contribution in [2.24, 2.45) is 17.8 Å². The number of urea groups is 1. The summed E-state index contributed by atoms with van der Waals surface area (Å²) in [6.07, 6.45) is 7.56. The molecule has 2 N–H and O–H groups in total. The predicted molar refractivity (Wildman–Crippen MR) is 139 cm³/mol. The minimum atomic E-state index is -2.68. The highest BCUT2D eigenvalue weighted by Crippen LogP contribution is 2.47. The Morgan fingerprint density at radius 3 is 2.51 bits per heavy atom. The summed E-state index contributed by atoms with van der Waals surface area (Å²) in [5.74, 6) is -1.89. The van der Waals surface area contributed by atoms with E-state index in [0.29, 0.717) is 29.7 Å². The van der Waals surface area contributed by atoms with E-state index in [1.165, 1.54) is 12.8 Å². The van der Waals surface area contributed by atoms with Crippen molar-refractivity contribution in [2.75, 3.05) is 6.54 Å². The molecule has 3 atom stereocenters. The molecule has 2 aromatic rings. The van der Waals surface area contributed by atoms with Crippen LogP contribution in [-0.4, -0.2) is 55.7 Å². The lowest BCUT2D eigenvalue weighted by atomic mass is 9.81. The SMILES string of the molecule is CC(C)(C)OC(=O)N[C@H](c1cn2ncc([C@@H](C3CC3)N3C[C@@H](C4CC4)NC3=O)cc2n1)C1CCC(F)(F)CC1. The van der Waals surface area contributed by atoms with Gasteiger partial charge in [0.1, 0.15) is 5.60 Å². The molecule has 1 aliphatic heterocycles. The summed E-state index contributed by atoms with van der Waals surface area (Å²) in [7, 11) is 0. The first-order chi connectivity index (χ1) is 18.5. The molecule has 4 aliphatic rings. The fourth-order valence-corrected chi connectivity index (χ4v) is 6.19. The van der Waals surface area contributed by atoms with Crippen LogP contribution in [0.1, 0.15) is 95.5 Å². The van der Waals surface area contributed by atoms with Crippen molar-refractivity contribution in [3.8, 4) is 0 Å². The fourth-order valence-electron chi connectivity index (χ4n) is 6.19. The molecule has 3 saturated carbocycles. The number of alkyl carbamates (subject to hydrolysis) is 1. The number of halogens is 2. The third-order valence-electron chi connectivity index (χ3n) is 8.48. The van der Waals surface area contributed by atoms with Gasteiger partial charge in [-0.05, 0) is 88.7 Å². The van der Waals surface area contributed by atoms with Gasteiger partial charge < -0.3 is 20.3 Å². The molecule has 0 unspecified atom stereocenters. The fraction of sp³-hybridized carbons (Fsp3) is 0.714. The molecule has 0 bridgehead atoms. The smallest absolute Gasteiger partial charge is 0.408 e. The highest BCUT2D eigenvalue weighted by molar-refractivity contribution is 5.78. The number of amides is 3. The van der Waals surface area contributed by atoms with Gasteiger partial charge in [0.25, 0.3) is 0 Å². The summed E-state index contributed by atoms with van der Waals surface area (Å²) in [4.78, 5) is 32.4. The van der Waals surface area contributed by atoms with Crippen molar-refractivity contribution in [1.82, 2.24) is 30.1 Å². The molecule has 2 aromatic heterocycles. The molecular weight excluding hydrogens is 506 g/mol. The van der Waals surface area contributed by atoms with Gasteiger partial charge >= 0.3 is 12.1 Å². The average molecular weight is 545 g/mol. The Balaban J connectivity index is 1.27. The summed E-state index contributed by atoms with van der Waals surface area (Å²) < 4.78 is 35.0. The van der Waals surface area contributed by atoms with E-state index in [2.05, 4.69) is 15.7 Å². The first-order valence-corrected chi connectivity index (χ1v) is 14.3. The minimum absolute atomic E-state index is 0.0107. The van der Waals surface area contributed by atoms with Crippen LogP contribution in [0, 0.1) is 17.8 Å². The van der Waals surface area contributed by atoms with Crippen LogP contribution in [0.4, 0.5) is 18.4 Å². The summed E-state index contributed by atoms with van der Waals surface area (Å²) in [6, 6.07) is 1.54. The van der Waals surface area contributed by atoms with Crippen LogP contribution >= 0.6 is 0 Å². The summed E-state index contributed by atoms with van der Waals surface area (Å²) >= 11 is 0. The van der Waals surface area contributed by atoms with Crippen LogP contribution in [0.25, 0.3) is 5.65 Å². The topological polar surface area (TPSA) is 101 Å². The molecule has 3 heterocycles. The van der Waals surface area contributed by atoms with E-state index in [0.717, 1.165) is 18.4 Å². The number of hydrogen-bond donors (Lipinski definition) is 2. The van der Waals surface area contributed by atoms with E-state index in [4.69, 9.17) is 9.72 Å². The lowest BCUT2D eigenvalue weighted by Gasteiger charge is -2.33. The highest BCUT2D eigenvalue weighted by Gasteiger charge is 2.46. The number of ether oxygens (including phenoxy) is 1. The quantitative estimate of drug-likeness (QED) is 0.488. The van der Waals surface area contributed by atoms with E-state index in [-0.39, 0.29) is 49.7 Å². The van der Waals surface area contributed by atoms with Gasteiger partial charge in [0.2, 0.25) is 5.92 Å². The number of imidazole rings is 1.